The Kier molecular flexibility index (Phi) is 4.08. The highest BCUT2D eigenvalue weighted by Crippen LogP contribution is 2.21. The molecule has 1 N–H and O–H groups in total. The van der Waals surface area contributed by atoms with E-state index in [1.54, 1.807) is 25.1 Å². The fourth-order valence-corrected chi connectivity index (χ4v) is 1.91. The van der Waals surface area contributed by atoms with Gasteiger partial charge < -0.3 is 5.11 Å². The molecule has 2 rings (SSSR count). The van der Waals surface area contributed by atoms with Crippen LogP contribution in [0.3, 0.4) is 0 Å². The normalized spacial score (nSPS) is 10.6. The Balaban J connectivity index is 2.35. The van der Waals surface area contributed by atoms with Gasteiger partial charge in [0.2, 0.25) is 0 Å². The maximum atomic E-state index is 13.3. The lowest BCUT2D eigenvalue weighted by Crippen LogP contribution is -2.03. The first kappa shape index (κ1) is 14.1. The zero-order valence-electron chi connectivity index (χ0n) is 11.4. The highest BCUT2D eigenvalue weighted by molar-refractivity contribution is 5.67. The number of aliphatic carboxylic acids is 1. The number of aryl methyl sites for hydroxylation is 3. The second kappa shape index (κ2) is 5.77. The Hall–Kier alpha value is -2.30. The quantitative estimate of drug-likeness (QED) is 0.931. The van der Waals surface area contributed by atoms with Gasteiger partial charge >= 0.3 is 5.97 Å². The van der Waals surface area contributed by atoms with Crippen molar-refractivity contribution in [2.75, 3.05) is 0 Å². The molecule has 0 fully saturated rings. The lowest BCUT2D eigenvalue weighted by Gasteiger charge is -2.07. The van der Waals surface area contributed by atoms with Gasteiger partial charge in [-0.05, 0) is 43.7 Å². The molecular formula is C15H15FN2O2. The van der Waals surface area contributed by atoms with Crippen molar-refractivity contribution in [3.63, 3.8) is 0 Å². The number of rotatable bonds is 4. The Bertz CT molecular complexity index is 656. The third-order valence-electron chi connectivity index (χ3n) is 2.92. The molecule has 1 heterocycles. The average Bonchev–Trinajstić information content (AvgIpc) is 2.39. The first-order valence-corrected chi connectivity index (χ1v) is 6.28. The molecule has 0 radical (unpaired) electrons. The van der Waals surface area contributed by atoms with Gasteiger partial charge in [-0.1, -0.05) is 0 Å². The fourth-order valence-electron chi connectivity index (χ4n) is 1.91. The molecule has 2 aromatic rings. The number of halogens is 1. The van der Waals surface area contributed by atoms with Gasteiger partial charge in [0.25, 0.3) is 0 Å². The van der Waals surface area contributed by atoms with Crippen LogP contribution in [0.4, 0.5) is 4.39 Å². The van der Waals surface area contributed by atoms with Gasteiger partial charge in [-0.15, -0.1) is 0 Å². The molecule has 0 bridgehead atoms. The number of nitrogens with zero attached hydrogens (tertiary/aromatic N) is 2. The summed E-state index contributed by atoms with van der Waals surface area (Å²) in [5.41, 5.74) is 2.79. The molecule has 0 atom stereocenters. The van der Waals surface area contributed by atoms with Crippen molar-refractivity contribution < 1.29 is 14.3 Å². The lowest BCUT2D eigenvalue weighted by molar-refractivity contribution is -0.137. The molecule has 5 heteroatoms. The molecular weight excluding hydrogens is 259 g/mol. The summed E-state index contributed by atoms with van der Waals surface area (Å²) >= 11 is 0. The van der Waals surface area contributed by atoms with Gasteiger partial charge in [0.1, 0.15) is 11.6 Å². The minimum absolute atomic E-state index is 0.00859. The van der Waals surface area contributed by atoms with Crippen LogP contribution in [0.1, 0.15) is 23.5 Å². The van der Waals surface area contributed by atoms with Crippen LogP contribution in [-0.4, -0.2) is 21.0 Å². The van der Waals surface area contributed by atoms with Crippen LogP contribution in [-0.2, 0) is 11.2 Å². The van der Waals surface area contributed by atoms with Gasteiger partial charge in [0.15, 0.2) is 0 Å². The molecule has 0 saturated carbocycles. The van der Waals surface area contributed by atoms with Gasteiger partial charge in [0.05, 0.1) is 12.1 Å². The zero-order chi connectivity index (χ0) is 14.7. The van der Waals surface area contributed by atoms with Crippen molar-refractivity contribution in [2.45, 2.75) is 26.7 Å². The molecule has 4 nitrogen and oxygen atoms in total. The van der Waals surface area contributed by atoms with E-state index in [2.05, 4.69) is 9.97 Å². The minimum Gasteiger partial charge on any atom is -0.481 e. The molecule has 0 aliphatic heterocycles. The van der Waals surface area contributed by atoms with Crippen molar-refractivity contribution in [3.05, 3.63) is 47.2 Å². The summed E-state index contributed by atoms with van der Waals surface area (Å²) in [6.07, 6.45) is 0.273. The van der Waals surface area contributed by atoms with Crippen LogP contribution in [0, 0.1) is 19.7 Å². The molecule has 0 aliphatic carbocycles. The zero-order valence-corrected chi connectivity index (χ0v) is 11.4. The van der Waals surface area contributed by atoms with Crippen molar-refractivity contribution in [2.24, 2.45) is 0 Å². The summed E-state index contributed by atoms with van der Waals surface area (Å²) in [5.74, 6) is -0.649. The predicted molar refractivity (Wildman–Crippen MR) is 72.9 cm³/mol. The Labute approximate surface area is 116 Å². The topological polar surface area (TPSA) is 63.1 Å². The summed E-state index contributed by atoms with van der Waals surface area (Å²) in [7, 11) is 0. The van der Waals surface area contributed by atoms with E-state index in [0.29, 0.717) is 17.1 Å². The number of hydrogen-bond acceptors (Lipinski definition) is 3. The van der Waals surface area contributed by atoms with E-state index in [4.69, 9.17) is 5.11 Å². The van der Waals surface area contributed by atoms with Gasteiger partial charge in [-0.25, -0.2) is 14.4 Å². The maximum absolute atomic E-state index is 13.3. The van der Waals surface area contributed by atoms with Crippen molar-refractivity contribution >= 4 is 5.97 Å². The van der Waals surface area contributed by atoms with Crippen LogP contribution in [0.15, 0.2) is 24.3 Å². The third kappa shape index (κ3) is 3.38. The summed E-state index contributed by atoms with van der Waals surface area (Å²) < 4.78 is 13.3. The van der Waals surface area contributed by atoms with Gasteiger partial charge in [-0.2, -0.15) is 0 Å². The average molecular weight is 274 g/mol. The second-order valence-electron chi connectivity index (χ2n) is 4.67. The van der Waals surface area contributed by atoms with Crippen LogP contribution < -0.4 is 0 Å². The van der Waals surface area contributed by atoms with E-state index in [9.17, 15) is 9.18 Å². The molecule has 0 amide bonds. The molecule has 20 heavy (non-hydrogen) atoms. The van der Waals surface area contributed by atoms with E-state index in [-0.39, 0.29) is 18.7 Å². The summed E-state index contributed by atoms with van der Waals surface area (Å²) in [4.78, 5) is 19.2. The first-order valence-electron chi connectivity index (χ1n) is 6.28. The van der Waals surface area contributed by atoms with Crippen molar-refractivity contribution in [3.8, 4) is 11.3 Å². The number of hydrogen-bond donors (Lipinski definition) is 1. The van der Waals surface area contributed by atoms with Crippen LogP contribution in [0.25, 0.3) is 11.3 Å². The van der Waals surface area contributed by atoms with Crippen LogP contribution in [0.5, 0.6) is 0 Å². The highest BCUT2D eigenvalue weighted by Gasteiger charge is 2.08. The SMILES string of the molecule is Cc1cc(-c2ccc(F)c(C)c2)nc(CCC(=O)O)n1. The van der Waals surface area contributed by atoms with E-state index in [0.717, 1.165) is 11.3 Å². The molecule has 0 aliphatic rings. The molecule has 1 aromatic carbocycles. The molecule has 0 unspecified atom stereocenters. The van der Waals surface area contributed by atoms with Crippen LogP contribution >= 0.6 is 0 Å². The summed E-state index contributed by atoms with van der Waals surface area (Å²) in [6.45, 7) is 3.52. The minimum atomic E-state index is -0.880. The largest absolute Gasteiger partial charge is 0.481 e. The van der Waals surface area contributed by atoms with Crippen LogP contribution in [0.2, 0.25) is 0 Å². The van der Waals surface area contributed by atoms with E-state index in [1.165, 1.54) is 6.07 Å². The first-order chi connectivity index (χ1) is 9.45. The molecule has 104 valence electrons. The molecule has 0 saturated heterocycles. The predicted octanol–water partition coefficient (Wildman–Crippen LogP) is 2.92. The van der Waals surface area contributed by atoms with E-state index < -0.39 is 5.97 Å². The standard InChI is InChI=1S/C15H15FN2O2/c1-9-7-11(3-4-12(9)16)13-8-10(2)17-14(18-13)5-6-15(19)20/h3-4,7-8H,5-6H2,1-2H3,(H,19,20). The van der Waals surface area contributed by atoms with Gasteiger partial charge in [-0.3, -0.25) is 4.79 Å². The lowest BCUT2D eigenvalue weighted by atomic mass is 10.1. The van der Waals surface area contributed by atoms with E-state index in [1.807, 2.05) is 6.92 Å². The monoisotopic (exact) mass is 274 g/mol. The Morgan fingerprint density at radius 3 is 2.65 bits per heavy atom. The van der Waals surface area contributed by atoms with Crippen molar-refractivity contribution in [1.82, 2.24) is 9.97 Å². The number of aromatic nitrogens is 2. The third-order valence-corrected chi connectivity index (χ3v) is 2.92. The number of carboxylic acids is 1. The maximum Gasteiger partial charge on any atom is 0.303 e. The summed E-state index contributed by atoms with van der Waals surface area (Å²) in [6, 6.07) is 6.58. The van der Waals surface area contributed by atoms with Gasteiger partial charge in [0, 0.05) is 17.7 Å². The van der Waals surface area contributed by atoms with Crippen molar-refractivity contribution in [1.29, 1.82) is 0 Å². The number of carbonyl (C=O) groups is 1. The Morgan fingerprint density at radius 1 is 1.25 bits per heavy atom. The number of carboxylic acid groups (broad SMARTS) is 1. The smallest absolute Gasteiger partial charge is 0.303 e. The molecule has 1 aromatic heterocycles. The number of benzene rings is 1. The second-order valence-corrected chi connectivity index (χ2v) is 4.67. The molecule has 0 spiro atoms. The summed E-state index contributed by atoms with van der Waals surface area (Å²) in [5, 5.41) is 8.70. The highest BCUT2D eigenvalue weighted by atomic mass is 19.1. The van der Waals surface area contributed by atoms with E-state index >= 15 is 0 Å². The fraction of sp³-hybridized carbons (Fsp3) is 0.267. The Morgan fingerprint density at radius 2 is 2.00 bits per heavy atom.